The average molecular weight is 276 g/mol. The van der Waals surface area contributed by atoms with Crippen LogP contribution in [0.25, 0.3) is 10.9 Å². The van der Waals surface area contributed by atoms with E-state index in [4.69, 9.17) is 0 Å². The van der Waals surface area contributed by atoms with Crippen LogP contribution in [0.15, 0.2) is 41.5 Å². The first-order valence-corrected chi connectivity index (χ1v) is 6.99. The molecular weight excluding hydrogens is 265 g/mol. The molecule has 0 fully saturated rings. The molecule has 3 rings (SSSR count). The van der Waals surface area contributed by atoms with Crippen LogP contribution < -0.4 is 0 Å². The van der Waals surface area contributed by atoms with Gasteiger partial charge in [0.2, 0.25) is 0 Å². The molecule has 0 saturated carbocycles. The minimum atomic E-state index is 0.368. The zero-order valence-electron chi connectivity index (χ0n) is 8.60. The molecule has 0 aliphatic heterocycles. The van der Waals surface area contributed by atoms with Crippen LogP contribution in [-0.2, 0) is 6.42 Å². The number of phenolic OH excluding ortho intramolecular Hbond substituents is 1. The van der Waals surface area contributed by atoms with Crippen molar-refractivity contribution in [3.8, 4) is 5.75 Å². The molecular formula is C13H11NOSe. The number of aromatic hydroxyl groups is 1. The summed E-state index contributed by atoms with van der Waals surface area (Å²) in [6.45, 7) is 0. The van der Waals surface area contributed by atoms with E-state index in [0.717, 1.165) is 17.3 Å². The zero-order chi connectivity index (χ0) is 11.0. The van der Waals surface area contributed by atoms with Crippen molar-refractivity contribution in [2.45, 2.75) is 6.42 Å². The number of H-pyrrole nitrogens is 1. The van der Waals surface area contributed by atoms with Gasteiger partial charge in [0.05, 0.1) is 0 Å². The van der Waals surface area contributed by atoms with E-state index < -0.39 is 0 Å². The Bertz CT molecular complexity index is 610. The molecule has 2 nitrogen and oxygen atoms in total. The van der Waals surface area contributed by atoms with Crippen LogP contribution in [0, 0.1) is 0 Å². The molecule has 2 heterocycles. The predicted octanol–water partition coefficient (Wildman–Crippen LogP) is 2.52. The maximum absolute atomic E-state index is 9.86. The van der Waals surface area contributed by atoms with Gasteiger partial charge in [0.1, 0.15) is 0 Å². The van der Waals surface area contributed by atoms with Crippen molar-refractivity contribution in [2.24, 2.45) is 0 Å². The summed E-state index contributed by atoms with van der Waals surface area (Å²) in [6.07, 6.45) is 2.93. The molecule has 0 bridgehead atoms. The van der Waals surface area contributed by atoms with Gasteiger partial charge in [-0.15, -0.1) is 0 Å². The number of aromatic amines is 1. The number of hydrogen-bond donors (Lipinski definition) is 2. The van der Waals surface area contributed by atoms with E-state index in [0.29, 0.717) is 20.3 Å². The zero-order valence-corrected chi connectivity index (χ0v) is 10.3. The first-order chi connectivity index (χ1) is 7.84. The van der Waals surface area contributed by atoms with Gasteiger partial charge in [0.25, 0.3) is 0 Å². The molecule has 0 spiro atoms. The Balaban J connectivity index is 2.10. The second kappa shape index (κ2) is 3.85. The van der Waals surface area contributed by atoms with Gasteiger partial charge in [-0.1, -0.05) is 0 Å². The van der Waals surface area contributed by atoms with Crippen molar-refractivity contribution >= 4 is 25.4 Å². The van der Waals surface area contributed by atoms with E-state index in [1.807, 2.05) is 18.3 Å². The fourth-order valence-corrected chi connectivity index (χ4v) is 3.50. The average Bonchev–Trinajstić information content (AvgIpc) is 2.90. The number of rotatable bonds is 2. The van der Waals surface area contributed by atoms with Crippen molar-refractivity contribution in [3.05, 3.63) is 51.5 Å². The predicted molar refractivity (Wildman–Crippen MR) is 66.2 cm³/mol. The van der Waals surface area contributed by atoms with E-state index in [1.165, 1.54) is 10.0 Å². The quantitative estimate of drug-likeness (QED) is 0.693. The van der Waals surface area contributed by atoms with Gasteiger partial charge < -0.3 is 0 Å². The van der Waals surface area contributed by atoms with Gasteiger partial charge >= 0.3 is 99.1 Å². The topological polar surface area (TPSA) is 36.0 Å². The van der Waals surface area contributed by atoms with Crippen molar-refractivity contribution < 1.29 is 5.11 Å². The second-order valence-electron chi connectivity index (χ2n) is 3.77. The molecule has 1 aromatic carbocycles. The SMILES string of the molecule is Oc1cccc2[nH]cc(Cc3ccc[se]3)c12. The molecule has 0 atom stereocenters. The molecule has 2 N–H and O–H groups in total. The Kier molecular flexibility index (Phi) is 2.35. The fourth-order valence-electron chi connectivity index (χ4n) is 1.98. The monoisotopic (exact) mass is 277 g/mol. The van der Waals surface area contributed by atoms with Crippen LogP contribution in [-0.4, -0.2) is 24.6 Å². The molecule has 0 amide bonds. The van der Waals surface area contributed by atoms with E-state index in [2.05, 4.69) is 22.1 Å². The van der Waals surface area contributed by atoms with Gasteiger partial charge in [-0.2, -0.15) is 0 Å². The fraction of sp³-hybridized carbons (Fsp3) is 0.0769. The first-order valence-electron chi connectivity index (χ1n) is 5.15. The second-order valence-corrected chi connectivity index (χ2v) is 5.94. The Hall–Kier alpha value is -1.44. The molecule has 0 aliphatic carbocycles. The molecule has 16 heavy (non-hydrogen) atoms. The number of aromatic nitrogens is 1. The molecule has 3 aromatic rings. The summed E-state index contributed by atoms with van der Waals surface area (Å²) in [6, 6.07) is 9.89. The normalized spacial score (nSPS) is 11.0. The Labute approximate surface area is 99.3 Å². The summed E-state index contributed by atoms with van der Waals surface area (Å²) in [5, 5.41) is 10.8. The first kappa shape index (κ1) is 9.76. The van der Waals surface area contributed by atoms with E-state index >= 15 is 0 Å². The van der Waals surface area contributed by atoms with Crippen LogP contribution in [0.5, 0.6) is 5.75 Å². The molecule has 0 radical (unpaired) electrons. The number of benzene rings is 1. The van der Waals surface area contributed by atoms with Crippen LogP contribution in [0.1, 0.15) is 10.0 Å². The van der Waals surface area contributed by atoms with E-state index in [-0.39, 0.29) is 0 Å². The molecule has 80 valence electrons. The van der Waals surface area contributed by atoms with Gasteiger partial charge in [-0.05, 0) is 0 Å². The van der Waals surface area contributed by atoms with E-state index in [9.17, 15) is 5.11 Å². The Morgan fingerprint density at radius 2 is 2.12 bits per heavy atom. The number of hydrogen-bond acceptors (Lipinski definition) is 1. The Morgan fingerprint density at radius 3 is 2.94 bits per heavy atom. The number of fused-ring (bicyclic) bond motifs is 1. The standard InChI is InChI=1S/C13H11NOSe/c15-12-5-1-4-11-13(12)9(8-14-11)7-10-3-2-6-16-10/h1-6,8,14-15H,7H2. The van der Waals surface area contributed by atoms with Crippen LogP contribution in [0.4, 0.5) is 0 Å². The number of phenols is 1. The van der Waals surface area contributed by atoms with Crippen LogP contribution >= 0.6 is 0 Å². The molecule has 3 heteroatoms. The van der Waals surface area contributed by atoms with Crippen molar-refractivity contribution in [1.29, 1.82) is 0 Å². The third-order valence-electron chi connectivity index (χ3n) is 2.71. The molecule has 0 unspecified atom stereocenters. The number of nitrogens with one attached hydrogen (secondary N) is 1. The van der Waals surface area contributed by atoms with Gasteiger partial charge in [-0.25, -0.2) is 0 Å². The summed E-state index contributed by atoms with van der Waals surface area (Å²) < 4.78 is 1.46. The van der Waals surface area contributed by atoms with Crippen molar-refractivity contribution in [2.75, 3.05) is 0 Å². The third-order valence-corrected chi connectivity index (χ3v) is 4.55. The van der Waals surface area contributed by atoms with Gasteiger partial charge in [-0.3, -0.25) is 0 Å². The summed E-state index contributed by atoms with van der Waals surface area (Å²) in [5.74, 6) is 0.368. The molecule has 2 aromatic heterocycles. The molecule has 0 aliphatic rings. The summed E-state index contributed by atoms with van der Waals surface area (Å²) in [5.41, 5.74) is 2.19. The van der Waals surface area contributed by atoms with E-state index in [1.54, 1.807) is 6.07 Å². The van der Waals surface area contributed by atoms with Gasteiger partial charge in [0.15, 0.2) is 0 Å². The Morgan fingerprint density at radius 1 is 1.19 bits per heavy atom. The summed E-state index contributed by atoms with van der Waals surface area (Å²) in [4.78, 5) is 5.42. The molecule has 0 saturated heterocycles. The minimum absolute atomic E-state index is 0.368. The van der Waals surface area contributed by atoms with Crippen LogP contribution in [0.3, 0.4) is 0 Å². The maximum atomic E-state index is 9.86. The van der Waals surface area contributed by atoms with Gasteiger partial charge in [0, 0.05) is 0 Å². The van der Waals surface area contributed by atoms with Crippen molar-refractivity contribution in [3.63, 3.8) is 0 Å². The third kappa shape index (κ3) is 1.58. The van der Waals surface area contributed by atoms with Crippen molar-refractivity contribution in [1.82, 2.24) is 4.98 Å². The van der Waals surface area contributed by atoms with Crippen LogP contribution in [0.2, 0.25) is 0 Å². The summed E-state index contributed by atoms with van der Waals surface area (Å²) >= 11 is 0.494. The summed E-state index contributed by atoms with van der Waals surface area (Å²) in [7, 11) is 0.